The molecule has 3 rings (SSSR count). The smallest absolute Gasteiger partial charge is 0.239 e. The molecule has 1 aromatic carbocycles. The molecule has 6 nitrogen and oxygen atoms in total. The van der Waals surface area contributed by atoms with Crippen LogP contribution < -0.4 is 5.32 Å². The minimum atomic E-state index is -0.829. The van der Waals surface area contributed by atoms with Gasteiger partial charge in [-0.2, -0.15) is 0 Å². The largest absolute Gasteiger partial charge is 0.356 e. The molecule has 1 N–H and O–H groups in total. The fraction of sp³-hybridized carbons (Fsp3) is 0.636. The molecule has 30 heavy (non-hydrogen) atoms. The maximum absolute atomic E-state index is 13.5. The topological polar surface area (TPSA) is 51.2 Å². The first-order valence-electron chi connectivity index (χ1n) is 10.8. The molecule has 2 saturated heterocycles. The predicted molar refractivity (Wildman–Crippen MR) is 115 cm³/mol. The number of amides is 1. The van der Waals surface area contributed by atoms with Crippen LogP contribution in [0.15, 0.2) is 23.2 Å². The molecule has 0 aromatic heterocycles. The minimum absolute atomic E-state index is 0.0104. The predicted octanol–water partition coefficient (Wildman–Crippen LogP) is 2.27. The van der Waals surface area contributed by atoms with Crippen molar-refractivity contribution in [3.8, 4) is 0 Å². The molecular weight excluding hydrogens is 388 g/mol. The number of nitrogens with one attached hydrogen (secondary N) is 1. The molecule has 2 aliphatic rings. The Morgan fingerprint density at radius 3 is 2.30 bits per heavy atom. The summed E-state index contributed by atoms with van der Waals surface area (Å²) in [5.74, 6) is -0.606. The Kier molecular flexibility index (Phi) is 7.64. The van der Waals surface area contributed by atoms with Gasteiger partial charge in [0.1, 0.15) is 0 Å². The lowest BCUT2D eigenvalue weighted by molar-refractivity contribution is -0.135. The number of rotatable bonds is 5. The van der Waals surface area contributed by atoms with Gasteiger partial charge in [0.15, 0.2) is 17.6 Å². The minimum Gasteiger partial charge on any atom is -0.356 e. The summed E-state index contributed by atoms with van der Waals surface area (Å²) in [6, 6.07) is 3.95. The Morgan fingerprint density at radius 1 is 1.03 bits per heavy atom. The van der Waals surface area contributed by atoms with Crippen LogP contribution in [-0.4, -0.2) is 85.5 Å². The van der Waals surface area contributed by atoms with Gasteiger partial charge in [0.2, 0.25) is 5.91 Å². The summed E-state index contributed by atoms with van der Waals surface area (Å²) < 4.78 is 26.6. The number of aliphatic imine (C=N–C) groups is 1. The van der Waals surface area contributed by atoms with Gasteiger partial charge in [0, 0.05) is 52.9 Å². The van der Waals surface area contributed by atoms with Gasteiger partial charge in [0.05, 0.1) is 6.04 Å². The molecule has 0 spiro atoms. The van der Waals surface area contributed by atoms with Crippen LogP contribution in [0.5, 0.6) is 0 Å². The van der Waals surface area contributed by atoms with Crippen molar-refractivity contribution < 1.29 is 13.6 Å². The summed E-state index contributed by atoms with van der Waals surface area (Å²) in [5.41, 5.74) is 0.746. The second-order valence-corrected chi connectivity index (χ2v) is 8.23. The Labute approximate surface area is 177 Å². The maximum atomic E-state index is 13.5. The zero-order valence-corrected chi connectivity index (χ0v) is 18.2. The highest BCUT2D eigenvalue weighted by Gasteiger charge is 2.30. The Hall–Kier alpha value is -2.22. The number of halogens is 2. The third kappa shape index (κ3) is 5.28. The van der Waals surface area contributed by atoms with E-state index in [4.69, 9.17) is 0 Å². The molecule has 0 bridgehead atoms. The first kappa shape index (κ1) is 22.5. The first-order chi connectivity index (χ1) is 14.4. The first-order valence-corrected chi connectivity index (χ1v) is 10.8. The van der Waals surface area contributed by atoms with Crippen molar-refractivity contribution in [1.29, 1.82) is 0 Å². The fourth-order valence-corrected chi connectivity index (χ4v) is 4.19. The number of hydrogen-bond acceptors (Lipinski definition) is 3. The Morgan fingerprint density at radius 2 is 1.70 bits per heavy atom. The Balaban J connectivity index is 1.48. The van der Waals surface area contributed by atoms with Crippen LogP contribution in [-0.2, 0) is 4.79 Å². The summed E-state index contributed by atoms with van der Waals surface area (Å²) in [6.07, 6.45) is 2.22. The normalized spacial score (nSPS) is 20.4. The van der Waals surface area contributed by atoms with Crippen LogP contribution in [0.1, 0.15) is 38.2 Å². The Bertz CT molecular complexity index is 758. The summed E-state index contributed by atoms with van der Waals surface area (Å²) in [6.45, 7) is 9.50. The third-order valence-corrected chi connectivity index (χ3v) is 6.23. The van der Waals surface area contributed by atoms with E-state index >= 15 is 0 Å². The van der Waals surface area contributed by atoms with Crippen LogP contribution in [0.3, 0.4) is 0 Å². The highest BCUT2D eigenvalue weighted by atomic mass is 19.2. The van der Waals surface area contributed by atoms with E-state index in [2.05, 4.69) is 20.1 Å². The van der Waals surface area contributed by atoms with Gasteiger partial charge in [-0.3, -0.25) is 14.7 Å². The van der Waals surface area contributed by atoms with Crippen molar-refractivity contribution in [1.82, 2.24) is 20.0 Å². The second-order valence-electron chi connectivity index (χ2n) is 8.23. The van der Waals surface area contributed by atoms with E-state index in [-0.39, 0.29) is 17.9 Å². The number of benzene rings is 1. The number of carbonyl (C=O) groups is 1. The van der Waals surface area contributed by atoms with Gasteiger partial charge in [-0.25, -0.2) is 8.78 Å². The van der Waals surface area contributed by atoms with Gasteiger partial charge >= 0.3 is 0 Å². The van der Waals surface area contributed by atoms with E-state index in [1.807, 2.05) is 18.7 Å². The average Bonchev–Trinajstić information content (AvgIpc) is 3.30. The number of likely N-dealkylation sites (tertiary alicyclic amines) is 1. The molecule has 2 heterocycles. The molecule has 2 unspecified atom stereocenters. The number of nitrogens with zero attached hydrogens (tertiary/aromatic N) is 4. The summed E-state index contributed by atoms with van der Waals surface area (Å²) in [7, 11) is 1.75. The summed E-state index contributed by atoms with van der Waals surface area (Å²) in [5, 5.41) is 3.35. The van der Waals surface area contributed by atoms with Gasteiger partial charge in [-0.15, -0.1) is 0 Å². The molecule has 2 fully saturated rings. The zero-order chi connectivity index (χ0) is 21.7. The number of hydrogen-bond donors (Lipinski definition) is 1. The maximum Gasteiger partial charge on any atom is 0.239 e. The van der Waals surface area contributed by atoms with Crippen molar-refractivity contribution >= 4 is 11.9 Å². The highest BCUT2D eigenvalue weighted by molar-refractivity contribution is 5.82. The van der Waals surface area contributed by atoms with Gasteiger partial charge in [-0.1, -0.05) is 13.0 Å². The quantitative estimate of drug-likeness (QED) is 0.586. The third-order valence-electron chi connectivity index (χ3n) is 6.23. The van der Waals surface area contributed by atoms with E-state index < -0.39 is 11.6 Å². The lowest BCUT2D eigenvalue weighted by Crippen LogP contribution is -2.57. The van der Waals surface area contributed by atoms with E-state index in [1.54, 1.807) is 13.1 Å². The lowest BCUT2D eigenvalue weighted by Gasteiger charge is -2.39. The average molecular weight is 422 g/mol. The summed E-state index contributed by atoms with van der Waals surface area (Å²) in [4.78, 5) is 23.4. The van der Waals surface area contributed by atoms with Crippen LogP contribution in [0.4, 0.5) is 8.78 Å². The molecule has 166 valence electrons. The molecule has 1 aromatic rings. The van der Waals surface area contributed by atoms with E-state index in [9.17, 15) is 13.6 Å². The second kappa shape index (κ2) is 10.2. The molecule has 2 atom stereocenters. The molecule has 8 heteroatoms. The van der Waals surface area contributed by atoms with Crippen molar-refractivity contribution in [2.24, 2.45) is 4.99 Å². The lowest BCUT2D eigenvalue weighted by atomic mass is 10.0. The van der Waals surface area contributed by atoms with Crippen LogP contribution in [0, 0.1) is 11.6 Å². The van der Waals surface area contributed by atoms with E-state index in [1.165, 1.54) is 12.1 Å². The van der Waals surface area contributed by atoms with Gasteiger partial charge in [-0.05, 0) is 43.4 Å². The van der Waals surface area contributed by atoms with Gasteiger partial charge in [0.25, 0.3) is 0 Å². The van der Waals surface area contributed by atoms with E-state index in [0.717, 1.165) is 63.6 Å². The van der Waals surface area contributed by atoms with Crippen LogP contribution in [0.25, 0.3) is 0 Å². The van der Waals surface area contributed by atoms with Crippen molar-refractivity contribution in [2.45, 2.75) is 38.6 Å². The van der Waals surface area contributed by atoms with Crippen molar-refractivity contribution in [3.05, 3.63) is 35.4 Å². The molecule has 1 amide bonds. The molecule has 2 aliphatic heterocycles. The van der Waals surface area contributed by atoms with Crippen molar-refractivity contribution in [2.75, 3.05) is 52.9 Å². The van der Waals surface area contributed by atoms with Gasteiger partial charge < -0.3 is 15.1 Å². The van der Waals surface area contributed by atoms with Crippen molar-refractivity contribution in [3.63, 3.8) is 0 Å². The SMILES string of the molecule is CN=C(NCC(C)c1ccc(F)c(F)c1)N1CCN(C(C)C(=O)N2CCCC2)CC1. The zero-order valence-electron chi connectivity index (χ0n) is 18.2. The monoisotopic (exact) mass is 421 g/mol. The number of guanidine groups is 1. The molecule has 0 aliphatic carbocycles. The van der Waals surface area contributed by atoms with Crippen LogP contribution >= 0.6 is 0 Å². The molecule has 0 saturated carbocycles. The molecular formula is C22H33F2N5O. The number of piperazine rings is 1. The summed E-state index contributed by atoms with van der Waals surface area (Å²) >= 11 is 0. The fourth-order valence-electron chi connectivity index (χ4n) is 4.19. The van der Waals surface area contributed by atoms with E-state index in [0.29, 0.717) is 6.54 Å². The molecule has 0 radical (unpaired) electrons. The van der Waals surface area contributed by atoms with Crippen LogP contribution in [0.2, 0.25) is 0 Å². The highest BCUT2D eigenvalue weighted by Crippen LogP contribution is 2.18. The number of carbonyl (C=O) groups excluding carboxylic acids is 1. The standard InChI is InChI=1S/C22H33F2N5O/c1-16(18-6-7-19(23)20(24)14-18)15-26-22(25-3)29-12-10-27(11-13-29)17(2)21(30)28-8-4-5-9-28/h6-7,14,16-17H,4-5,8-13,15H2,1-3H3,(H,25,26).